The Morgan fingerprint density at radius 2 is 1.96 bits per heavy atom. The molecule has 0 aromatic heterocycles. The van der Waals surface area contributed by atoms with Crippen LogP contribution in [0.15, 0.2) is 51.9 Å². The van der Waals surface area contributed by atoms with Gasteiger partial charge in [-0.2, -0.15) is 4.31 Å². The Balaban J connectivity index is 1.57. The molecule has 4 N–H and O–H groups in total. The van der Waals surface area contributed by atoms with Crippen LogP contribution in [-0.2, 0) is 19.6 Å². The number of aliphatic hydroxyl groups excluding tert-OH is 1. The lowest BCUT2D eigenvalue weighted by molar-refractivity contribution is -0.127. The van der Waals surface area contributed by atoms with Crippen molar-refractivity contribution in [1.82, 2.24) is 14.5 Å². The molecule has 2 amide bonds. The summed E-state index contributed by atoms with van der Waals surface area (Å²) in [4.78, 5) is 33.0. The molecule has 47 heavy (non-hydrogen) atoms. The average Bonchev–Trinajstić information content (AvgIpc) is 3.16. The number of sulfonamides is 1. The van der Waals surface area contributed by atoms with Crippen LogP contribution in [0.5, 0.6) is 0 Å². The molecule has 0 spiro atoms. The van der Waals surface area contributed by atoms with Crippen molar-refractivity contribution >= 4 is 39.6 Å². The number of amidine groups is 1. The average molecular weight is 662 g/mol. The third-order valence-corrected chi connectivity index (χ3v) is 10.0. The quantitative estimate of drug-likeness (QED) is 0.363. The van der Waals surface area contributed by atoms with Crippen LogP contribution < -0.4 is 11.1 Å². The summed E-state index contributed by atoms with van der Waals surface area (Å²) in [7, 11) is -3.74. The molecule has 2 bridgehead atoms. The van der Waals surface area contributed by atoms with Gasteiger partial charge in [-0.1, -0.05) is 30.9 Å². The van der Waals surface area contributed by atoms with Gasteiger partial charge >= 0.3 is 6.09 Å². The van der Waals surface area contributed by atoms with Crippen LogP contribution >= 0.6 is 0 Å². The normalized spacial score (nSPS) is 18.9. The minimum absolute atomic E-state index is 0.0506. The first-order valence-corrected chi connectivity index (χ1v) is 17.4. The molecular formula is C35H43N5O6S. The number of nitrogens with one attached hydrogen (secondary N) is 1. The first-order chi connectivity index (χ1) is 22.3. The van der Waals surface area contributed by atoms with E-state index in [1.165, 1.54) is 4.31 Å². The van der Waals surface area contributed by atoms with Gasteiger partial charge in [-0.15, -0.1) is 0 Å². The molecular weight excluding hydrogens is 618 g/mol. The molecule has 0 saturated carbocycles. The van der Waals surface area contributed by atoms with E-state index < -0.39 is 21.7 Å². The molecule has 1 unspecified atom stereocenters. The Kier molecular flexibility index (Phi) is 10.1. The summed E-state index contributed by atoms with van der Waals surface area (Å²) in [6.45, 7) is 9.16. The Labute approximate surface area is 276 Å². The number of carbonyl (C=O) groups is 2. The van der Waals surface area contributed by atoms with Crippen molar-refractivity contribution in [2.45, 2.75) is 57.5 Å². The Morgan fingerprint density at radius 1 is 1.19 bits per heavy atom. The molecule has 3 aliphatic rings. The summed E-state index contributed by atoms with van der Waals surface area (Å²) in [5.74, 6) is 6.46. The zero-order chi connectivity index (χ0) is 33.9. The number of hydrogen-bond acceptors (Lipinski definition) is 8. The molecule has 1 atom stereocenters. The van der Waals surface area contributed by atoms with E-state index in [1.54, 1.807) is 43.9 Å². The van der Waals surface area contributed by atoms with E-state index in [4.69, 9.17) is 10.5 Å². The Morgan fingerprint density at radius 3 is 2.66 bits per heavy atom. The summed E-state index contributed by atoms with van der Waals surface area (Å²) in [6, 6.07) is 10.4. The Hall–Kier alpha value is -4.18. The van der Waals surface area contributed by atoms with Gasteiger partial charge in [-0.25, -0.2) is 18.2 Å². The lowest BCUT2D eigenvalue weighted by atomic mass is 9.95. The molecule has 3 heterocycles. The van der Waals surface area contributed by atoms with Gasteiger partial charge in [0.2, 0.25) is 15.9 Å². The minimum atomic E-state index is -3.74. The van der Waals surface area contributed by atoms with Crippen molar-refractivity contribution < 1.29 is 27.9 Å². The first kappa shape index (κ1) is 34.2. The van der Waals surface area contributed by atoms with Gasteiger partial charge in [0.1, 0.15) is 11.4 Å². The number of ether oxygens (including phenoxy) is 1. The second kappa shape index (κ2) is 13.9. The van der Waals surface area contributed by atoms with Crippen molar-refractivity contribution in [3.05, 3.63) is 53.1 Å². The van der Waals surface area contributed by atoms with Crippen LogP contribution in [0.4, 0.5) is 10.5 Å². The number of aliphatic imine (C=N–C) groups is 1. The van der Waals surface area contributed by atoms with Gasteiger partial charge in [0, 0.05) is 74.3 Å². The molecule has 0 aliphatic carbocycles. The lowest BCUT2D eigenvalue weighted by Gasteiger charge is -2.36. The highest BCUT2D eigenvalue weighted by atomic mass is 32.2. The highest BCUT2D eigenvalue weighted by Gasteiger charge is 2.36. The van der Waals surface area contributed by atoms with Gasteiger partial charge < -0.3 is 25.8 Å². The van der Waals surface area contributed by atoms with Crippen LogP contribution in [0.2, 0.25) is 0 Å². The summed E-state index contributed by atoms with van der Waals surface area (Å²) < 4.78 is 33.4. The number of nitrogens with two attached hydrogens (primary N) is 1. The first-order valence-electron chi connectivity index (χ1n) is 16.0. The summed E-state index contributed by atoms with van der Waals surface area (Å²) >= 11 is 0. The fourth-order valence-electron chi connectivity index (χ4n) is 5.75. The number of nitrogens with zero attached hydrogens (tertiary/aromatic N) is 3. The third-order valence-electron chi connectivity index (χ3n) is 8.20. The smallest absolute Gasteiger partial charge is 0.407 e. The molecule has 250 valence electrons. The number of hydrogen-bond donors (Lipinski definition) is 3. The number of carbonyl (C=O) groups excluding carboxylic acids is 2. The summed E-state index contributed by atoms with van der Waals surface area (Å²) in [6.07, 6.45) is 2.76. The molecule has 1 saturated heterocycles. The van der Waals surface area contributed by atoms with Crippen molar-refractivity contribution in [2.24, 2.45) is 22.6 Å². The number of rotatable bonds is 8. The molecule has 2 aromatic rings. The molecule has 12 heteroatoms. The maximum absolute atomic E-state index is 13.8. The van der Waals surface area contributed by atoms with E-state index in [9.17, 15) is 23.1 Å². The molecule has 0 radical (unpaired) electrons. The number of amides is 2. The maximum Gasteiger partial charge on any atom is 0.407 e. The second-order valence-electron chi connectivity index (χ2n) is 13.2. The van der Waals surface area contributed by atoms with E-state index in [0.717, 1.165) is 6.42 Å². The van der Waals surface area contributed by atoms with Crippen LogP contribution in [0, 0.1) is 23.7 Å². The molecule has 2 aromatic carbocycles. The van der Waals surface area contributed by atoms with Crippen LogP contribution in [0.1, 0.15) is 58.1 Å². The van der Waals surface area contributed by atoms with Gasteiger partial charge in [0.05, 0.1) is 10.6 Å². The Bertz CT molecular complexity index is 1780. The van der Waals surface area contributed by atoms with E-state index in [1.807, 2.05) is 31.2 Å². The fourth-order valence-corrected chi connectivity index (χ4v) is 7.39. The van der Waals surface area contributed by atoms with Gasteiger partial charge in [0.15, 0.2) is 0 Å². The van der Waals surface area contributed by atoms with Crippen LogP contribution in [0.3, 0.4) is 0 Å². The van der Waals surface area contributed by atoms with Crippen molar-refractivity contribution in [3.63, 3.8) is 0 Å². The molecule has 5 rings (SSSR count). The lowest BCUT2D eigenvalue weighted by Crippen LogP contribution is -2.51. The third kappa shape index (κ3) is 8.04. The van der Waals surface area contributed by atoms with Gasteiger partial charge in [0.25, 0.3) is 0 Å². The minimum Gasteiger partial charge on any atom is -0.444 e. The SMILES string of the molecule is CCCN1CCC(CNC(=O)OC(C)(C)C)C#Cc2cc(-c3cccc(S(=O)(=O)N4CC(CO)C4)c3)cc3c2C=C(CC(N)=N3)C1=O. The summed E-state index contributed by atoms with van der Waals surface area (Å²) in [5, 5.41) is 12.2. The molecule has 3 aliphatic heterocycles. The second-order valence-corrected chi connectivity index (χ2v) is 15.2. The fraction of sp³-hybridized carbons (Fsp3) is 0.457. The van der Waals surface area contributed by atoms with Crippen molar-refractivity contribution in [1.29, 1.82) is 0 Å². The number of aliphatic hydroxyl groups is 1. The van der Waals surface area contributed by atoms with E-state index in [-0.39, 0.29) is 55.3 Å². The molecule has 11 nitrogen and oxygen atoms in total. The summed E-state index contributed by atoms with van der Waals surface area (Å²) in [5.41, 5.74) is 9.35. The van der Waals surface area contributed by atoms with Crippen molar-refractivity contribution in [2.75, 3.05) is 39.3 Å². The highest BCUT2D eigenvalue weighted by molar-refractivity contribution is 7.89. The zero-order valence-electron chi connectivity index (χ0n) is 27.4. The van der Waals surface area contributed by atoms with Gasteiger partial charge in [-0.05, 0) is 75.1 Å². The number of alkyl carbamates (subject to hydrolysis) is 1. The van der Waals surface area contributed by atoms with E-state index >= 15 is 0 Å². The van der Waals surface area contributed by atoms with Crippen LogP contribution in [-0.4, -0.2) is 85.5 Å². The predicted octanol–water partition coefficient (Wildman–Crippen LogP) is 3.88. The zero-order valence-corrected chi connectivity index (χ0v) is 28.2. The van der Waals surface area contributed by atoms with Crippen LogP contribution in [0.25, 0.3) is 17.2 Å². The van der Waals surface area contributed by atoms with Gasteiger partial charge in [-0.3, -0.25) is 4.79 Å². The van der Waals surface area contributed by atoms with Crippen molar-refractivity contribution in [3.8, 4) is 23.0 Å². The van der Waals surface area contributed by atoms with E-state index in [2.05, 4.69) is 22.2 Å². The highest BCUT2D eigenvalue weighted by Crippen LogP contribution is 2.36. The topological polar surface area (TPSA) is 155 Å². The maximum atomic E-state index is 13.8. The van der Waals surface area contributed by atoms with E-state index in [0.29, 0.717) is 58.9 Å². The monoisotopic (exact) mass is 661 g/mol. The predicted molar refractivity (Wildman–Crippen MR) is 181 cm³/mol. The largest absolute Gasteiger partial charge is 0.444 e. The number of benzene rings is 2. The standard InChI is InChI=1S/C35H43N5O6S/c1-5-12-39-13-11-23(19-37-34(43)46-35(2,3)4)9-10-26-14-27(17-31-30(26)16-28(33(39)42)18-32(36)38-31)25-7-6-8-29(15-25)47(44,45)40-20-24(21-40)22-41/h6-8,14-17,23-24,41H,5,11-13,18-22H2,1-4H3,(H2,36,38)(H,37,43). The molecule has 1 fully saturated rings.